The van der Waals surface area contributed by atoms with Crippen LogP contribution < -0.4 is 4.90 Å². The van der Waals surface area contributed by atoms with Gasteiger partial charge >= 0.3 is 5.97 Å². The minimum Gasteiger partial charge on any atom is -0.478 e. The van der Waals surface area contributed by atoms with Gasteiger partial charge in [0.25, 0.3) is 0 Å². The maximum atomic E-state index is 13.7. The number of halogens is 2. The maximum absolute atomic E-state index is 13.7. The van der Waals surface area contributed by atoms with Crippen LogP contribution in [0.2, 0.25) is 5.02 Å². The van der Waals surface area contributed by atoms with E-state index in [9.17, 15) is 9.18 Å². The zero-order valence-corrected chi connectivity index (χ0v) is 10.9. The third-order valence-electron chi connectivity index (χ3n) is 2.78. The third kappa shape index (κ3) is 2.69. The Morgan fingerprint density at radius 3 is 2.58 bits per heavy atom. The summed E-state index contributed by atoms with van der Waals surface area (Å²) < 4.78 is 13.7. The molecule has 0 aliphatic rings. The number of anilines is 2. The number of para-hydroxylation sites is 1. The van der Waals surface area contributed by atoms with Crippen LogP contribution in [0.1, 0.15) is 10.4 Å². The Hall–Kier alpha value is -2.07. The maximum Gasteiger partial charge on any atom is 0.337 e. The molecule has 0 aliphatic carbocycles. The summed E-state index contributed by atoms with van der Waals surface area (Å²) >= 11 is 5.80. The molecule has 0 saturated carbocycles. The van der Waals surface area contributed by atoms with E-state index in [0.29, 0.717) is 11.4 Å². The molecule has 0 saturated heterocycles. The molecule has 0 spiro atoms. The van der Waals surface area contributed by atoms with Gasteiger partial charge in [0, 0.05) is 12.7 Å². The second-order valence-corrected chi connectivity index (χ2v) is 4.39. The normalized spacial score (nSPS) is 10.3. The molecule has 0 aliphatic heterocycles. The molecule has 0 bridgehead atoms. The first-order valence-corrected chi connectivity index (χ1v) is 5.89. The molecule has 1 N–H and O–H groups in total. The summed E-state index contributed by atoms with van der Waals surface area (Å²) in [5.41, 5.74) is 0.899. The first-order chi connectivity index (χ1) is 9.00. The summed E-state index contributed by atoms with van der Waals surface area (Å²) in [6.45, 7) is 0. The van der Waals surface area contributed by atoms with Crippen LogP contribution in [0.15, 0.2) is 42.5 Å². The zero-order chi connectivity index (χ0) is 14.0. The molecule has 2 aromatic carbocycles. The predicted octanol–water partition coefficient (Wildman–Crippen LogP) is 3.95. The van der Waals surface area contributed by atoms with Gasteiger partial charge in [-0.05, 0) is 30.3 Å². The highest BCUT2D eigenvalue weighted by Gasteiger charge is 2.13. The molecule has 0 atom stereocenters. The molecular weight excluding hydrogens is 269 g/mol. The van der Waals surface area contributed by atoms with Crippen LogP contribution in [0.5, 0.6) is 0 Å². The van der Waals surface area contributed by atoms with Crippen LogP contribution in [0.3, 0.4) is 0 Å². The average Bonchev–Trinajstić information content (AvgIpc) is 2.38. The number of carboxylic acid groups (broad SMARTS) is 1. The van der Waals surface area contributed by atoms with Gasteiger partial charge in [-0.3, -0.25) is 0 Å². The van der Waals surface area contributed by atoms with Crippen molar-refractivity contribution in [3.05, 3.63) is 58.9 Å². The lowest BCUT2D eigenvalue weighted by Gasteiger charge is -2.20. The second-order valence-electron chi connectivity index (χ2n) is 3.98. The number of nitrogens with zero attached hydrogens (tertiary/aromatic N) is 1. The van der Waals surface area contributed by atoms with Gasteiger partial charge in [-0.1, -0.05) is 23.7 Å². The van der Waals surface area contributed by atoms with Gasteiger partial charge in [-0.15, -0.1) is 0 Å². The second kappa shape index (κ2) is 5.28. The highest BCUT2D eigenvalue weighted by molar-refractivity contribution is 6.33. The summed E-state index contributed by atoms with van der Waals surface area (Å²) in [5.74, 6) is -1.49. The van der Waals surface area contributed by atoms with Crippen molar-refractivity contribution >= 4 is 28.9 Å². The first kappa shape index (κ1) is 13.4. The summed E-state index contributed by atoms with van der Waals surface area (Å²) in [7, 11) is 1.66. The molecule has 5 heteroatoms. The monoisotopic (exact) mass is 279 g/mol. The van der Waals surface area contributed by atoms with Gasteiger partial charge in [-0.2, -0.15) is 0 Å². The van der Waals surface area contributed by atoms with E-state index >= 15 is 0 Å². The number of aromatic carboxylic acids is 1. The fourth-order valence-electron chi connectivity index (χ4n) is 1.75. The molecule has 0 radical (unpaired) electrons. The first-order valence-electron chi connectivity index (χ1n) is 5.52. The van der Waals surface area contributed by atoms with Crippen LogP contribution in [-0.2, 0) is 0 Å². The number of benzene rings is 2. The van der Waals surface area contributed by atoms with E-state index in [4.69, 9.17) is 16.7 Å². The predicted molar refractivity (Wildman–Crippen MR) is 72.9 cm³/mol. The molecule has 0 aromatic heterocycles. The Morgan fingerprint density at radius 1 is 1.26 bits per heavy atom. The van der Waals surface area contributed by atoms with Crippen molar-refractivity contribution in [3.8, 4) is 0 Å². The summed E-state index contributed by atoms with van der Waals surface area (Å²) in [5, 5.41) is 9.17. The molecule has 2 rings (SSSR count). The Morgan fingerprint density at radius 2 is 1.95 bits per heavy atom. The van der Waals surface area contributed by atoms with Crippen LogP contribution in [0.25, 0.3) is 0 Å². The van der Waals surface area contributed by atoms with Gasteiger partial charge in [0.2, 0.25) is 0 Å². The molecule has 98 valence electrons. The van der Waals surface area contributed by atoms with Crippen LogP contribution >= 0.6 is 11.6 Å². The minimum atomic E-state index is -1.12. The number of hydrogen-bond acceptors (Lipinski definition) is 2. The van der Waals surface area contributed by atoms with Crippen molar-refractivity contribution in [2.75, 3.05) is 11.9 Å². The molecule has 19 heavy (non-hydrogen) atoms. The van der Waals surface area contributed by atoms with Crippen molar-refractivity contribution in [2.24, 2.45) is 0 Å². The van der Waals surface area contributed by atoms with Crippen molar-refractivity contribution in [3.63, 3.8) is 0 Å². The highest BCUT2D eigenvalue weighted by Crippen LogP contribution is 2.29. The molecule has 3 nitrogen and oxygen atoms in total. The highest BCUT2D eigenvalue weighted by atomic mass is 35.5. The lowest BCUT2D eigenvalue weighted by molar-refractivity contribution is 0.0697. The van der Waals surface area contributed by atoms with Crippen molar-refractivity contribution in [2.45, 2.75) is 0 Å². The zero-order valence-electron chi connectivity index (χ0n) is 10.1. The van der Waals surface area contributed by atoms with E-state index in [1.165, 1.54) is 18.2 Å². The van der Waals surface area contributed by atoms with Crippen molar-refractivity contribution in [1.82, 2.24) is 0 Å². The SMILES string of the molecule is CN(c1ccc(Cl)c(C(=O)O)c1)c1ccccc1F. The number of carboxylic acids is 1. The minimum absolute atomic E-state index is 0.0117. The van der Waals surface area contributed by atoms with Crippen LogP contribution in [0.4, 0.5) is 15.8 Å². The quantitative estimate of drug-likeness (QED) is 0.925. The Bertz CT molecular complexity index is 631. The Labute approximate surface area is 114 Å². The smallest absolute Gasteiger partial charge is 0.337 e. The van der Waals surface area contributed by atoms with E-state index in [1.807, 2.05) is 0 Å². The number of carbonyl (C=O) groups is 1. The molecular formula is C14H11ClFNO2. The fraction of sp³-hybridized carbons (Fsp3) is 0.0714. The summed E-state index contributed by atoms with van der Waals surface area (Å²) in [6.07, 6.45) is 0. The van der Waals surface area contributed by atoms with Gasteiger partial charge < -0.3 is 10.0 Å². The van der Waals surface area contributed by atoms with Crippen molar-refractivity contribution in [1.29, 1.82) is 0 Å². The Balaban J connectivity index is 2.45. The van der Waals surface area contributed by atoms with E-state index in [2.05, 4.69) is 0 Å². The topological polar surface area (TPSA) is 40.5 Å². The molecule has 0 heterocycles. The van der Waals surface area contributed by atoms with E-state index in [1.54, 1.807) is 36.2 Å². The molecule has 0 amide bonds. The fourth-order valence-corrected chi connectivity index (χ4v) is 1.95. The lowest BCUT2D eigenvalue weighted by atomic mass is 10.1. The average molecular weight is 280 g/mol. The van der Waals surface area contributed by atoms with Gasteiger partial charge in [-0.25, -0.2) is 9.18 Å². The molecule has 0 fully saturated rings. The van der Waals surface area contributed by atoms with Crippen molar-refractivity contribution < 1.29 is 14.3 Å². The van der Waals surface area contributed by atoms with Crippen LogP contribution in [-0.4, -0.2) is 18.1 Å². The lowest BCUT2D eigenvalue weighted by Crippen LogP contribution is -2.12. The summed E-state index contributed by atoms with van der Waals surface area (Å²) in [4.78, 5) is 12.6. The van der Waals surface area contributed by atoms with E-state index in [-0.39, 0.29) is 16.4 Å². The Kier molecular flexibility index (Phi) is 3.71. The van der Waals surface area contributed by atoms with E-state index < -0.39 is 5.97 Å². The third-order valence-corrected chi connectivity index (χ3v) is 3.11. The van der Waals surface area contributed by atoms with Gasteiger partial charge in [0.05, 0.1) is 16.3 Å². The van der Waals surface area contributed by atoms with Gasteiger partial charge in [0.15, 0.2) is 0 Å². The van der Waals surface area contributed by atoms with E-state index in [0.717, 1.165) is 0 Å². The largest absolute Gasteiger partial charge is 0.478 e. The van der Waals surface area contributed by atoms with Gasteiger partial charge in [0.1, 0.15) is 5.82 Å². The number of rotatable bonds is 3. The van der Waals surface area contributed by atoms with Crippen LogP contribution in [0, 0.1) is 5.82 Å². The molecule has 2 aromatic rings. The number of hydrogen-bond donors (Lipinski definition) is 1. The standard InChI is InChI=1S/C14H11ClFNO2/c1-17(13-5-3-2-4-12(13)16)9-6-7-11(15)10(8-9)14(18)19/h2-8H,1H3,(H,18,19). The summed E-state index contributed by atoms with van der Waals surface area (Å²) in [6, 6.07) is 10.8. The molecule has 0 unspecified atom stereocenters.